The molecule has 1 aliphatic rings. The molecule has 1 heterocycles. The molecule has 0 unspecified atom stereocenters. The van der Waals surface area contributed by atoms with Crippen molar-refractivity contribution in [1.82, 2.24) is 4.90 Å². The maximum atomic E-state index is 12.6. The van der Waals surface area contributed by atoms with E-state index in [4.69, 9.17) is 11.6 Å². The number of amides is 2. The molecule has 2 aromatic carbocycles. The highest BCUT2D eigenvalue weighted by Gasteiger charge is 2.37. The molecule has 0 fully saturated rings. The lowest BCUT2D eigenvalue weighted by molar-refractivity contribution is -0.137. The first kappa shape index (κ1) is 18.7. The van der Waals surface area contributed by atoms with Crippen LogP contribution in [0.3, 0.4) is 0 Å². The standard InChI is InChI=1S/C20H17ClN2O4/c1-27-20(26)14-8-5-9-15(12-14)22-17-16(21)18(24)23(19(17)25)11-10-13-6-3-2-4-7-13/h2-9,12,22H,10-11H2,1H3. The highest BCUT2D eigenvalue weighted by molar-refractivity contribution is 6.48. The van der Waals surface area contributed by atoms with Crippen LogP contribution in [0.4, 0.5) is 5.69 Å². The maximum Gasteiger partial charge on any atom is 0.337 e. The number of hydrogen-bond donors (Lipinski definition) is 1. The zero-order chi connectivity index (χ0) is 19.4. The zero-order valence-corrected chi connectivity index (χ0v) is 15.3. The first-order chi connectivity index (χ1) is 13.0. The second kappa shape index (κ2) is 8.05. The van der Waals surface area contributed by atoms with Crippen molar-refractivity contribution < 1.29 is 19.1 Å². The van der Waals surface area contributed by atoms with Gasteiger partial charge in [-0.05, 0) is 30.2 Å². The Morgan fingerprint density at radius 1 is 1.07 bits per heavy atom. The number of halogens is 1. The summed E-state index contributed by atoms with van der Waals surface area (Å²) in [5.74, 6) is -1.54. The molecule has 0 spiro atoms. The molecular formula is C20H17ClN2O4. The number of carbonyl (C=O) groups excluding carboxylic acids is 3. The molecule has 7 heteroatoms. The number of anilines is 1. The number of rotatable bonds is 6. The summed E-state index contributed by atoms with van der Waals surface area (Å²) >= 11 is 6.09. The average Bonchev–Trinajstić information content (AvgIpc) is 2.90. The molecule has 0 saturated carbocycles. The molecule has 0 radical (unpaired) electrons. The van der Waals surface area contributed by atoms with E-state index in [1.165, 1.54) is 13.2 Å². The minimum Gasteiger partial charge on any atom is -0.465 e. The first-order valence-electron chi connectivity index (χ1n) is 8.26. The molecule has 3 rings (SSSR count). The van der Waals surface area contributed by atoms with Gasteiger partial charge in [-0.3, -0.25) is 14.5 Å². The lowest BCUT2D eigenvalue weighted by Gasteiger charge is -2.15. The Kier molecular flexibility index (Phi) is 5.57. The van der Waals surface area contributed by atoms with Gasteiger partial charge in [-0.1, -0.05) is 48.0 Å². The van der Waals surface area contributed by atoms with Crippen LogP contribution in [0.2, 0.25) is 0 Å². The van der Waals surface area contributed by atoms with Crippen molar-refractivity contribution in [2.45, 2.75) is 6.42 Å². The van der Waals surface area contributed by atoms with Crippen LogP contribution in [-0.4, -0.2) is 36.3 Å². The van der Waals surface area contributed by atoms with Crippen molar-refractivity contribution in [2.75, 3.05) is 19.0 Å². The first-order valence-corrected chi connectivity index (χ1v) is 8.64. The third kappa shape index (κ3) is 4.01. The van der Waals surface area contributed by atoms with Crippen LogP contribution in [0, 0.1) is 0 Å². The van der Waals surface area contributed by atoms with Gasteiger partial charge in [0.25, 0.3) is 11.8 Å². The second-order valence-electron chi connectivity index (χ2n) is 5.88. The molecule has 0 aromatic heterocycles. The summed E-state index contributed by atoms with van der Waals surface area (Å²) in [5, 5.41) is 2.68. The number of hydrogen-bond acceptors (Lipinski definition) is 5. The molecule has 6 nitrogen and oxygen atoms in total. The van der Waals surface area contributed by atoms with Crippen LogP contribution >= 0.6 is 11.6 Å². The number of carbonyl (C=O) groups is 3. The van der Waals surface area contributed by atoms with Crippen LogP contribution in [0.15, 0.2) is 65.3 Å². The fourth-order valence-corrected chi connectivity index (χ4v) is 2.96. The summed E-state index contributed by atoms with van der Waals surface area (Å²) in [5.41, 5.74) is 1.78. The van der Waals surface area contributed by atoms with Crippen LogP contribution < -0.4 is 5.32 Å². The Morgan fingerprint density at radius 3 is 2.52 bits per heavy atom. The Labute approximate surface area is 161 Å². The summed E-state index contributed by atoms with van der Waals surface area (Å²) in [6.07, 6.45) is 0.535. The van der Waals surface area contributed by atoms with Gasteiger partial charge in [0.2, 0.25) is 0 Å². The van der Waals surface area contributed by atoms with Crippen LogP contribution in [0.1, 0.15) is 15.9 Å². The second-order valence-corrected chi connectivity index (χ2v) is 6.26. The van der Waals surface area contributed by atoms with E-state index in [0.29, 0.717) is 17.7 Å². The zero-order valence-electron chi connectivity index (χ0n) is 14.6. The van der Waals surface area contributed by atoms with Gasteiger partial charge in [-0.15, -0.1) is 0 Å². The van der Waals surface area contributed by atoms with E-state index in [2.05, 4.69) is 10.1 Å². The lowest BCUT2D eigenvalue weighted by Crippen LogP contribution is -2.34. The number of esters is 1. The predicted molar refractivity (Wildman–Crippen MR) is 101 cm³/mol. The lowest BCUT2D eigenvalue weighted by atomic mass is 10.1. The number of ether oxygens (including phenoxy) is 1. The molecular weight excluding hydrogens is 368 g/mol. The van der Waals surface area contributed by atoms with E-state index in [9.17, 15) is 14.4 Å². The van der Waals surface area contributed by atoms with Crippen molar-refractivity contribution in [3.8, 4) is 0 Å². The molecule has 0 saturated heterocycles. The minimum absolute atomic E-state index is 0.00301. The molecule has 2 aromatic rings. The van der Waals surface area contributed by atoms with Crippen molar-refractivity contribution in [2.24, 2.45) is 0 Å². The number of imide groups is 1. The van der Waals surface area contributed by atoms with Gasteiger partial charge in [0.1, 0.15) is 10.7 Å². The fourth-order valence-electron chi connectivity index (χ4n) is 2.73. The molecule has 0 atom stereocenters. The summed E-state index contributed by atoms with van der Waals surface area (Å²) in [6, 6.07) is 16.0. The average molecular weight is 385 g/mol. The third-order valence-electron chi connectivity index (χ3n) is 4.13. The Bertz CT molecular complexity index is 925. The number of benzene rings is 2. The quantitative estimate of drug-likeness (QED) is 0.612. The van der Waals surface area contributed by atoms with Crippen molar-refractivity contribution in [3.63, 3.8) is 0 Å². The van der Waals surface area contributed by atoms with Gasteiger partial charge >= 0.3 is 5.97 Å². The number of nitrogens with one attached hydrogen (secondary N) is 1. The molecule has 1 N–H and O–H groups in total. The smallest absolute Gasteiger partial charge is 0.337 e. The number of nitrogens with zero attached hydrogens (tertiary/aromatic N) is 1. The maximum absolute atomic E-state index is 12.6. The monoisotopic (exact) mass is 384 g/mol. The predicted octanol–water partition coefficient (Wildman–Crippen LogP) is 2.95. The van der Waals surface area contributed by atoms with Gasteiger partial charge < -0.3 is 10.1 Å². The van der Waals surface area contributed by atoms with Gasteiger partial charge in [0.15, 0.2) is 0 Å². The van der Waals surface area contributed by atoms with Gasteiger partial charge in [0, 0.05) is 12.2 Å². The Morgan fingerprint density at radius 2 is 1.81 bits per heavy atom. The Hall–Kier alpha value is -3.12. The molecule has 2 amide bonds. The minimum atomic E-state index is -0.538. The van der Waals surface area contributed by atoms with E-state index >= 15 is 0 Å². The van der Waals surface area contributed by atoms with Gasteiger partial charge in [-0.25, -0.2) is 4.79 Å². The Balaban J connectivity index is 1.73. The molecule has 27 heavy (non-hydrogen) atoms. The van der Waals surface area contributed by atoms with Crippen LogP contribution in [0.5, 0.6) is 0 Å². The molecule has 1 aliphatic heterocycles. The van der Waals surface area contributed by atoms with E-state index in [-0.39, 0.29) is 17.3 Å². The largest absolute Gasteiger partial charge is 0.465 e. The normalized spacial score (nSPS) is 13.9. The van der Waals surface area contributed by atoms with Crippen LogP contribution in [-0.2, 0) is 20.7 Å². The van der Waals surface area contributed by atoms with Crippen molar-refractivity contribution in [1.29, 1.82) is 0 Å². The van der Waals surface area contributed by atoms with E-state index < -0.39 is 17.8 Å². The summed E-state index contributed by atoms with van der Waals surface area (Å²) in [6.45, 7) is 0.227. The van der Waals surface area contributed by atoms with Crippen LogP contribution in [0.25, 0.3) is 0 Å². The third-order valence-corrected chi connectivity index (χ3v) is 4.48. The molecule has 138 valence electrons. The van der Waals surface area contributed by atoms with Crippen molar-refractivity contribution in [3.05, 3.63) is 76.5 Å². The van der Waals surface area contributed by atoms with Gasteiger partial charge in [-0.2, -0.15) is 0 Å². The number of methoxy groups -OCH3 is 1. The molecule has 0 bridgehead atoms. The summed E-state index contributed by atoms with van der Waals surface area (Å²) < 4.78 is 4.68. The van der Waals surface area contributed by atoms with E-state index in [1.807, 2.05) is 30.3 Å². The van der Waals surface area contributed by atoms with E-state index in [1.54, 1.807) is 18.2 Å². The van der Waals surface area contributed by atoms with E-state index in [0.717, 1.165) is 10.5 Å². The van der Waals surface area contributed by atoms with Crippen molar-refractivity contribution >= 4 is 35.1 Å². The summed E-state index contributed by atoms with van der Waals surface area (Å²) in [4.78, 5) is 37.7. The molecule has 0 aliphatic carbocycles. The topological polar surface area (TPSA) is 75.7 Å². The SMILES string of the molecule is COC(=O)c1cccc(NC2=C(Cl)C(=O)N(CCc3ccccc3)C2=O)c1. The summed E-state index contributed by atoms with van der Waals surface area (Å²) in [7, 11) is 1.28. The highest BCUT2D eigenvalue weighted by Crippen LogP contribution is 2.26. The van der Waals surface area contributed by atoms with Gasteiger partial charge in [0.05, 0.1) is 12.7 Å². The fraction of sp³-hybridized carbons (Fsp3) is 0.150. The highest BCUT2D eigenvalue weighted by atomic mass is 35.5.